The SMILES string of the molecule is CC(C)CN(C1CCCC1)C(CN)c1ccccn1. The molecule has 1 aromatic heterocycles. The van der Waals surface area contributed by atoms with Crippen LogP contribution in [0.3, 0.4) is 0 Å². The molecule has 0 aromatic carbocycles. The van der Waals surface area contributed by atoms with Crippen molar-refractivity contribution in [1.29, 1.82) is 0 Å². The summed E-state index contributed by atoms with van der Waals surface area (Å²) >= 11 is 0. The zero-order valence-electron chi connectivity index (χ0n) is 12.3. The Bertz CT molecular complexity index is 358. The molecule has 0 bridgehead atoms. The van der Waals surface area contributed by atoms with Gasteiger partial charge in [0, 0.05) is 25.3 Å². The Kier molecular flexibility index (Phi) is 5.34. The summed E-state index contributed by atoms with van der Waals surface area (Å²) in [5, 5.41) is 0. The molecule has 106 valence electrons. The topological polar surface area (TPSA) is 42.1 Å². The first-order valence-electron chi connectivity index (χ1n) is 7.59. The summed E-state index contributed by atoms with van der Waals surface area (Å²) < 4.78 is 0. The van der Waals surface area contributed by atoms with Crippen LogP contribution in [-0.4, -0.2) is 29.0 Å². The van der Waals surface area contributed by atoms with Gasteiger partial charge in [-0.1, -0.05) is 32.8 Å². The molecule has 1 aromatic rings. The fraction of sp³-hybridized carbons (Fsp3) is 0.688. The van der Waals surface area contributed by atoms with Gasteiger partial charge in [0.1, 0.15) is 0 Å². The third-order valence-electron chi connectivity index (χ3n) is 4.02. The number of nitrogens with two attached hydrogens (primary N) is 1. The van der Waals surface area contributed by atoms with Crippen molar-refractivity contribution < 1.29 is 0 Å². The van der Waals surface area contributed by atoms with Crippen molar-refractivity contribution in [2.75, 3.05) is 13.1 Å². The Balaban J connectivity index is 2.18. The monoisotopic (exact) mass is 261 g/mol. The normalized spacial score (nSPS) is 18.4. The van der Waals surface area contributed by atoms with Crippen molar-refractivity contribution in [2.24, 2.45) is 11.7 Å². The molecule has 0 saturated heterocycles. The lowest BCUT2D eigenvalue weighted by Crippen LogP contribution is -2.42. The van der Waals surface area contributed by atoms with E-state index in [1.54, 1.807) is 0 Å². The molecule has 1 heterocycles. The molecule has 1 aliphatic carbocycles. The molecule has 0 spiro atoms. The third-order valence-corrected chi connectivity index (χ3v) is 4.02. The molecule has 1 fully saturated rings. The van der Waals surface area contributed by atoms with Gasteiger partial charge in [-0.2, -0.15) is 0 Å². The first kappa shape index (κ1) is 14.5. The number of pyridine rings is 1. The second kappa shape index (κ2) is 7.01. The van der Waals surface area contributed by atoms with Crippen molar-refractivity contribution in [2.45, 2.75) is 51.6 Å². The van der Waals surface area contributed by atoms with Gasteiger partial charge in [-0.25, -0.2) is 0 Å². The van der Waals surface area contributed by atoms with Gasteiger partial charge in [0.25, 0.3) is 0 Å². The number of hydrogen-bond acceptors (Lipinski definition) is 3. The Morgan fingerprint density at radius 1 is 1.32 bits per heavy atom. The van der Waals surface area contributed by atoms with Crippen molar-refractivity contribution in [1.82, 2.24) is 9.88 Å². The highest BCUT2D eigenvalue weighted by molar-refractivity contribution is 5.10. The van der Waals surface area contributed by atoms with E-state index >= 15 is 0 Å². The number of nitrogens with zero attached hydrogens (tertiary/aromatic N) is 2. The van der Waals surface area contributed by atoms with Crippen molar-refractivity contribution in [3.63, 3.8) is 0 Å². The summed E-state index contributed by atoms with van der Waals surface area (Å²) in [5.74, 6) is 0.665. The van der Waals surface area contributed by atoms with Crippen molar-refractivity contribution >= 4 is 0 Å². The molecule has 3 nitrogen and oxygen atoms in total. The maximum absolute atomic E-state index is 6.07. The second-order valence-electron chi connectivity index (χ2n) is 6.04. The average Bonchev–Trinajstić information content (AvgIpc) is 2.93. The van der Waals surface area contributed by atoms with E-state index in [1.165, 1.54) is 25.7 Å². The minimum atomic E-state index is 0.270. The Morgan fingerprint density at radius 3 is 2.58 bits per heavy atom. The van der Waals surface area contributed by atoms with Crippen LogP contribution in [-0.2, 0) is 0 Å². The predicted octanol–water partition coefficient (Wildman–Crippen LogP) is 2.98. The molecule has 0 radical (unpaired) electrons. The Labute approximate surface area is 117 Å². The summed E-state index contributed by atoms with van der Waals surface area (Å²) in [5.41, 5.74) is 7.19. The smallest absolute Gasteiger partial charge is 0.0647 e. The molecule has 1 aliphatic rings. The minimum Gasteiger partial charge on any atom is -0.329 e. The minimum absolute atomic E-state index is 0.270. The number of hydrogen-bond donors (Lipinski definition) is 1. The highest BCUT2D eigenvalue weighted by Gasteiger charge is 2.29. The summed E-state index contributed by atoms with van der Waals surface area (Å²) in [4.78, 5) is 7.14. The predicted molar refractivity (Wildman–Crippen MR) is 79.8 cm³/mol. The molecule has 1 unspecified atom stereocenters. The first-order valence-corrected chi connectivity index (χ1v) is 7.59. The summed E-state index contributed by atoms with van der Waals surface area (Å²) in [6, 6.07) is 7.11. The summed E-state index contributed by atoms with van der Waals surface area (Å²) in [6.45, 7) is 6.34. The van der Waals surface area contributed by atoms with Gasteiger partial charge in [-0.15, -0.1) is 0 Å². The summed E-state index contributed by atoms with van der Waals surface area (Å²) in [7, 11) is 0. The van der Waals surface area contributed by atoms with E-state index in [2.05, 4.69) is 35.9 Å². The zero-order valence-corrected chi connectivity index (χ0v) is 12.3. The van der Waals surface area contributed by atoms with Crippen LogP contribution < -0.4 is 5.73 Å². The zero-order chi connectivity index (χ0) is 13.7. The van der Waals surface area contributed by atoms with Crippen LogP contribution in [0.4, 0.5) is 0 Å². The van der Waals surface area contributed by atoms with Gasteiger partial charge in [-0.05, 0) is 30.9 Å². The van der Waals surface area contributed by atoms with E-state index in [0.717, 1.165) is 12.2 Å². The maximum atomic E-state index is 6.07. The lowest BCUT2D eigenvalue weighted by Gasteiger charge is -2.36. The summed E-state index contributed by atoms with van der Waals surface area (Å²) in [6.07, 6.45) is 7.23. The van der Waals surface area contributed by atoms with Crippen LogP contribution in [0.5, 0.6) is 0 Å². The van der Waals surface area contributed by atoms with Gasteiger partial charge in [0.2, 0.25) is 0 Å². The molecule has 0 aliphatic heterocycles. The Hall–Kier alpha value is -0.930. The molecule has 19 heavy (non-hydrogen) atoms. The van der Waals surface area contributed by atoms with Gasteiger partial charge >= 0.3 is 0 Å². The maximum Gasteiger partial charge on any atom is 0.0647 e. The van der Waals surface area contributed by atoms with Gasteiger partial charge in [0.15, 0.2) is 0 Å². The van der Waals surface area contributed by atoms with Crippen LogP contribution in [0.2, 0.25) is 0 Å². The lowest BCUT2D eigenvalue weighted by atomic mass is 10.0. The quantitative estimate of drug-likeness (QED) is 0.856. The van der Waals surface area contributed by atoms with Crippen molar-refractivity contribution in [3.05, 3.63) is 30.1 Å². The van der Waals surface area contributed by atoms with Gasteiger partial charge < -0.3 is 5.73 Å². The number of aromatic nitrogens is 1. The van der Waals surface area contributed by atoms with Crippen LogP contribution in [0.25, 0.3) is 0 Å². The molecule has 2 N–H and O–H groups in total. The highest BCUT2D eigenvalue weighted by Crippen LogP contribution is 2.30. The van der Waals surface area contributed by atoms with E-state index < -0.39 is 0 Å². The van der Waals surface area contributed by atoms with E-state index in [-0.39, 0.29) is 6.04 Å². The molecule has 1 atom stereocenters. The molecule has 2 rings (SSSR count). The van der Waals surface area contributed by atoms with Crippen LogP contribution in [0.15, 0.2) is 24.4 Å². The number of rotatable bonds is 6. The molecule has 0 amide bonds. The molecular formula is C16H27N3. The van der Waals surface area contributed by atoms with E-state index in [4.69, 9.17) is 5.73 Å². The molecule has 1 saturated carbocycles. The fourth-order valence-electron chi connectivity index (χ4n) is 3.19. The van der Waals surface area contributed by atoms with Gasteiger partial charge in [-0.3, -0.25) is 9.88 Å². The molecular weight excluding hydrogens is 234 g/mol. The molecule has 3 heteroatoms. The van der Waals surface area contributed by atoms with Crippen LogP contribution in [0, 0.1) is 5.92 Å². The Morgan fingerprint density at radius 2 is 2.05 bits per heavy atom. The van der Waals surface area contributed by atoms with Gasteiger partial charge in [0.05, 0.1) is 11.7 Å². The van der Waals surface area contributed by atoms with E-state index in [1.807, 2.05) is 12.3 Å². The second-order valence-corrected chi connectivity index (χ2v) is 6.04. The standard InChI is InChI=1S/C16H27N3/c1-13(2)12-19(14-7-3-4-8-14)16(11-17)15-9-5-6-10-18-15/h5-6,9-10,13-14,16H,3-4,7-8,11-12,17H2,1-2H3. The largest absolute Gasteiger partial charge is 0.329 e. The lowest BCUT2D eigenvalue weighted by molar-refractivity contribution is 0.119. The van der Waals surface area contributed by atoms with E-state index in [9.17, 15) is 0 Å². The van der Waals surface area contributed by atoms with E-state index in [0.29, 0.717) is 18.5 Å². The fourth-order valence-corrected chi connectivity index (χ4v) is 3.19. The third kappa shape index (κ3) is 3.77. The average molecular weight is 261 g/mol. The van der Waals surface area contributed by atoms with Crippen LogP contribution in [0.1, 0.15) is 51.3 Å². The highest BCUT2D eigenvalue weighted by atomic mass is 15.2. The van der Waals surface area contributed by atoms with Crippen LogP contribution >= 0.6 is 0 Å². The first-order chi connectivity index (χ1) is 9.22. The van der Waals surface area contributed by atoms with Crippen molar-refractivity contribution in [3.8, 4) is 0 Å².